The molecule has 3 nitrogen and oxygen atoms in total. The number of hydrogen-bond acceptors (Lipinski definition) is 2. The summed E-state index contributed by atoms with van der Waals surface area (Å²) >= 11 is 5.78. The second-order valence-corrected chi connectivity index (χ2v) is 5.10. The summed E-state index contributed by atoms with van der Waals surface area (Å²) in [5.74, 6) is 0.887. The van der Waals surface area contributed by atoms with Crippen LogP contribution in [0.5, 0.6) is 0 Å². The number of nitrogens with zero attached hydrogens (tertiary/aromatic N) is 1. The highest BCUT2D eigenvalue weighted by Crippen LogP contribution is 2.27. The van der Waals surface area contributed by atoms with Crippen LogP contribution in [0.25, 0.3) is 0 Å². The molecule has 2 fully saturated rings. The van der Waals surface area contributed by atoms with Crippen LogP contribution >= 0.6 is 11.6 Å². The number of amides is 1. The first-order chi connectivity index (χ1) is 7.83. The molecular formula is C12H20ClNO2. The Morgan fingerprint density at radius 3 is 2.62 bits per heavy atom. The third-order valence-corrected chi connectivity index (χ3v) is 3.80. The molecular weight excluding hydrogens is 226 g/mol. The van der Waals surface area contributed by atoms with Gasteiger partial charge in [-0.05, 0) is 32.1 Å². The number of rotatable bonds is 4. The highest BCUT2D eigenvalue weighted by atomic mass is 35.5. The van der Waals surface area contributed by atoms with Gasteiger partial charge < -0.3 is 9.64 Å². The van der Waals surface area contributed by atoms with E-state index in [-0.39, 0.29) is 11.8 Å². The molecule has 1 unspecified atom stereocenters. The number of carbonyl (C=O) groups is 1. The standard InChI is InChI=1S/C12H20ClNO2/c13-6-7-14(11-4-1-5-11)12(15)10-3-2-8-16-9-10/h10-11H,1-9H2. The van der Waals surface area contributed by atoms with Crippen molar-refractivity contribution < 1.29 is 9.53 Å². The zero-order chi connectivity index (χ0) is 11.4. The zero-order valence-electron chi connectivity index (χ0n) is 9.66. The molecule has 92 valence electrons. The van der Waals surface area contributed by atoms with Gasteiger partial charge in [-0.15, -0.1) is 11.6 Å². The molecule has 0 spiro atoms. The summed E-state index contributed by atoms with van der Waals surface area (Å²) < 4.78 is 5.38. The summed E-state index contributed by atoms with van der Waals surface area (Å²) in [6.07, 6.45) is 5.53. The Hall–Kier alpha value is -0.280. The van der Waals surface area contributed by atoms with Crippen molar-refractivity contribution in [2.45, 2.75) is 38.1 Å². The summed E-state index contributed by atoms with van der Waals surface area (Å²) in [4.78, 5) is 14.3. The smallest absolute Gasteiger partial charge is 0.228 e. The third kappa shape index (κ3) is 2.69. The van der Waals surface area contributed by atoms with Gasteiger partial charge in [0.15, 0.2) is 0 Å². The van der Waals surface area contributed by atoms with E-state index in [9.17, 15) is 4.79 Å². The van der Waals surface area contributed by atoms with Gasteiger partial charge >= 0.3 is 0 Å². The van der Waals surface area contributed by atoms with Crippen LogP contribution in [-0.4, -0.2) is 42.5 Å². The first-order valence-electron chi connectivity index (χ1n) is 6.27. The van der Waals surface area contributed by atoms with Gasteiger partial charge in [-0.3, -0.25) is 4.79 Å². The molecule has 0 aromatic heterocycles. The van der Waals surface area contributed by atoms with E-state index < -0.39 is 0 Å². The Labute approximate surface area is 102 Å². The minimum atomic E-state index is 0.0811. The minimum absolute atomic E-state index is 0.0811. The van der Waals surface area contributed by atoms with Crippen LogP contribution in [0.4, 0.5) is 0 Å². The first-order valence-corrected chi connectivity index (χ1v) is 6.80. The number of hydrogen-bond donors (Lipinski definition) is 0. The van der Waals surface area contributed by atoms with E-state index in [1.54, 1.807) is 0 Å². The normalized spacial score (nSPS) is 26.2. The van der Waals surface area contributed by atoms with Gasteiger partial charge in [0.25, 0.3) is 0 Å². The van der Waals surface area contributed by atoms with Crippen LogP contribution in [0.3, 0.4) is 0 Å². The van der Waals surface area contributed by atoms with E-state index in [1.807, 2.05) is 4.90 Å². The van der Waals surface area contributed by atoms with Crippen molar-refractivity contribution >= 4 is 17.5 Å². The van der Waals surface area contributed by atoms with Gasteiger partial charge in [0.1, 0.15) is 0 Å². The summed E-state index contributed by atoms with van der Waals surface area (Å²) in [5.41, 5.74) is 0. The molecule has 0 radical (unpaired) electrons. The highest BCUT2D eigenvalue weighted by Gasteiger charge is 2.33. The van der Waals surface area contributed by atoms with Crippen LogP contribution in [-0.2, 0) is 9.53 Å². The van der Waals surface area contributed by atoms with E-state index in [2.05, 4.69) is 0 Å². The molecule has 1 aliphatic carbocycles. The molecule has 2 aliphatic rings. The second kappa shape index (κ2) is 5.87. The van der Waals surface area contributed by atoms with Crippen molar-refractivity contribution in [2.24, 2.45) is 5.92 Å². The molecule has 1 saturated carbocycles. The highest BCUT2D eigenvalue weighted by molar-refractivity contribution is 6.18. The van der Waals surface area contributed by atoms with Crippen molar-refractivity contribution in [3.63, 3.8) is 0 Å². The van der Waals surface area contributed by atoms with Gasteiger partial charge in [-0.25, -0.2) is 0 Å². The fourth-order valence-corrected chi connectivity index (χ4v) is 2.61. The van der Waals surface area contributed by atoms with E-state index in [0.29, 0.717) is 25.1 Å². The van der Waals surface area contributed by atoms with Gasteiger partial charge in [-0.1, -0.05) is 0 Å². The Kier molecular flexibility index (Phi) is 4.47. The van der Waals surface area contributed by atoms with Gasteiger partial charge in [0, 0.05) is 25.1 Å². The Bertz CT molecular complexity index is 237. The summed E-state index contributed by atoms with van der Waals surface area (Å²) in [6.45, 7) is 2.11. The SMILES string of the molecule is O=C(C1CCCOC1)N(CCCl)C1CCC1. The Morgan fingerprint density at radius 2 is 2.12 bits per heavy atom. The Morgan fingerprint density at radius 1 is 1.31 bits per heavy atom. The molecule has 1 aliphatic heterocycles. The average Bonchev–Trinajstić information content (AvgIpc) is 2.26. The molecule has 0 N–H and O–H groups in total. The van der Waals surface area contributed by atoms with E-state index in [4.69, 9.17) is 16.3 Å². The fraction of sp³-hybridized carbons (Fsp3) is 0.917. The van der Waals surface area contributed by atoms with Crippen LogP contribution in [0.2, 0.25) is 0 Å². The van der Waals surface area contributed by atoms with Gasteiger partial charge in [0.05, 0.1) is 12.5 Å². The number of halogens is 1. The maximum Gasteiger partial charge on any atom is 0.228 e. The van der Waals surface area contributed by atoms with Crippen molar-refractivity contribution in [1.29, 1.82) is 0 Å². The number of carbonyl (C=O) groups excluding carboxylic acids is 1. The second-order valence-electron chi connectivity index (χ2n) is 4.72. The van der Waals surface area contributed by atoms with E-state index in [0.717, 1.165) is 32.3 Å². The summed E-state index contributed by atoms with van der Waals surface area (Å²) in [5, 5.41) is 0. The molecule has 4 heteroatoms. The van der Waals surface area contributed by atoms with E-state index in [1.165, 1.54) is 6.42 Å². The van der Waals surface area contributed by atoms with Crippen LogP contribution < -0.4 is 0 Å². The first kappa shape index (κ1) is 12.2. The van der Waals surface area contributed by atoms with Crippen LogP contribution in [0, 0.1) is 5.92 Å². The number of ether oxygens (including phenoxy) is 1. The van der Waals surface area contributed by atoms with E-state index >= 15 is 0 Å². The predicted molar refractivity (Wildman–Crippen MR) is 63.6 cm³/mol. The zero-order valence-corrected chi connectivity index (χ0v) is 10.4. The fourth-order valence-electron chi connectivity index (χ4n) is 2.43. The minimum Gasteiger partial charge on any atom is -0.381 e. The maximum atomic E-state index is 12.3. The topological polar surface area (TPSA) is 29.5 Å². The molecule has 1 atom stereocenters. The van der Waals surface area contributed by atoms with Crippen molar-refractivity contribution in [3.05, 3.63) is 0 Å². The van der Waals surface area contributed by atoms with Gasteiger partial charge in [0.2, 0.25) is 5.91 Å². The lowest BCUT2D eigenvalue weighted by Gasteiger charge is -2.39. The Balaban J connectivity index is 1.92. The molecule has 1 heterocycles. The van der Waals surface area contributed by atoms with Gasteiger partial charge in [-0.2, -0.15) is 0 Å². The molecule has 0 aromatic carbocycles. The molecule has 1 amide bonds. The monoisotopic (exact) mass is 245 g/mol. The van der Waals surface area contributed by atoms with Crippen LogP contribution in [0.15, 0.2) is 0 Å². The lowest BCUT2D eigenvalue weighted by Crippen LogP contribution is -2.49. The molecule has 0 aromatic rings. The lowest BCUT2D eigenvalue weighted by atomic mass is 9.89. The largest absolute Gasteiger partial charge is 0.381 e. The quantitative estimate of drug-likeness (QED) is 0.710. The van der Waals surface area contributed by atoms with Crippen molar-refractivity contribution in [3.8, 4) is 0 Å². The predicted octanol–water partition coefficient (Wildman–Crippen LogP) is 2.03. The maximum absolute atomic E-state index is 12.3. The third-order valence-electron chi connectivity index (χ3n) is 3.63. The average molecular weight is 246 g/mol. The lowest BCUT2D eigenvalue weighted by molar-refractivity contribution is -0.143. The molecule has 16 heavy (non-hydrogen) atoms. The molecule has 1 saturated heterocycles. The summed E-state index contributed by atoms with van der Waals surface area (Å²) in [7, 11) is 0. The molecule has 2 rings (SSSR count). The molecule has 0 bridgehead atoms. The number of alkyl halides is 1. The van der Waals surface area contributed by atoms with Crippen molar-refractivity contribution in [1.82, 2.24) is 4.90 Å². The van der Waals surface area contributed by atoms with Crippen molar-refractivity contribution in [2.75, 3.05) is 25.6 Å². The summed E-state index contributed by atoms with van der Waals surface area (Å²) in [6, 6.07) is 0.452. The van der Waals surface area contributed by atoms with Crippen LogP contribution in [0.1, 0.15) is 32.1 Å².